The monoisotopic (exact) mass is 445 g/mol. The van der Waals surface area contributed by atoms with Crippen LogP contribution in [-0.4, -0.2) is 6.03 Å². The molecule has 4 rings (SSSR count). The van der Waals surface area contributed by atoms with Crippen LogP contribution in [0.4, 0.5) is 26.2 Å². The maximum Gasteiger partial charge on any atom is 0.323 e. The van der Waals surface area contributed by atoms with E-state index in [-0.39, 0.29) is 11.8 Å². The van der Waals surface area contributed by atoms with E-state index >= 15 is 0 Å². The van der Waals surface area contributed by atoms with Crippen molar-refractivity contribution in [1.29, 1.82) is 0 Å². The van der Waals surface area contributed by atoms with Gasteiger partial charge in [0.2, 0.25) is 0 Å². The van der Waals surface area contributed by atoms with Gasteiger partial charge in [0.25, 0.3) is 0 Å². The molecule has 0 fully saturated rings. The summed E-state index contributed by atoms with van der Waals surface area (Å²) in [6, 6.07) is 29.7. The van der Waals surface area contributed by atoms with E-state index in [9.17, 15) is 9.18 Å². The summed E-state index contributed by atoms with van der Waals surface area (Å²) in [5.74, 6) is 0.959. The third-order valence-corrected chi connectivity index (χ3v) is 5.20. The van der Waals surface area contributed by atoms with E-state index < -0.39 is 0 Å². The Balaban J connectivity index is 1.33. The van der Waals surface area contributed by atoms with Crippen LogP contribution >= 0.6 is 11.9 Å². The number of ether oxygens (including phenoxy) is 1. The number of para-hydroxylation sites is 3. The minimum atomic E-state index is -0.376. The van der Waals surface area contributed by atoms with Gasteiger partial charge in [0.05, 0.1) is 5.69 Å². The van der Waals surface area contributed by atoms with Crippen molar-refractivity contribution >= 4 is 35.0 Å². The summed E-state index contributed by atoms with van der Waals surface area (Å²) in [6.07, 6.45) is 0. The molecule has 3 N–H and O–H groups in total. The predicted octanol–water partition coefficient (Wildman–Crippen LogP) is 7.38. The van der Waals surface area contributed by atoms with Crippen LogP contribution in [0.25, 0.3) is 0 Å². The Hall–Kier alpha value is -3.97. The van der Waals surface area contributed by atoms with Gasteiger partial charge in [-0.1, -0.05) is 30.3 Å². The molecule has 0 aliphatic carbocycles. The summed E-state index contributed by atoms with van der Waals surface area (Å²) in [6.45, 7) is 0. The van der Waals surface area contributed by atoms with Crippen molar-refractivity contribution < 1.29 is 13.9 Å². The minimum absolute atomic E-state index is 0.275. The maximum absolute atomic E-state index is 13.0. The number of rotatable bonds is 7. The molecular weight excluding hydrogens is 425 g/mol. The minimum Gasteiger partial charge on any atom is -0.455 e. The molecule has 2 amide bonds. The van der Waals surface area contributed by atoms with E-state index in [2.05, 4.69) is 15.4 Å². The van der Waals surface area contributed by atoms with E-state index in [1.807, 2.05) is 54.6 Å². The molecule has 7 heteroatoms. The van der Waals surface area contributed by atoms with E-state index in [1.54, 1.807) is 36.4 Å². The third-order valence-electron chi connectivity index (χ3n) is 4.35. The molecule has 0 aromatic heterocycles. The highest BCUT2D eigenvalue weighted by atomic mass is 32.2. The summed E-state index contributed by atoms with van der Waals surface area (Å²) in [5, 5.41) is 5.63. The summed E-state index contributed by atoms with van der Waals surface area (Å²) >= 11 is 1.40. The molecule has 160 valence electrons. The lowest BCUT2D eigenvalue weighted by Gasteiger charge is -2.13. The van der Waals surface area contributed by atoms with Crippen LogP contribution < -0.4 is 20.1 Å². The molecule has 32 heavy (non-hydrogen) atoms. The number of nitrogens with one attached hydrogen (secondary N) is 3. The van der Waals surface area contributed by atoms with Crippen molar-refractivity contribution in [2.24, 2.45) is 0 Å². The van der Waals surface area contributed by atoms with Crippen LogP contribution in [0.1, 0.15) is 0 Å². The Labute approximate surface area is 189 Å². The standard InChI is InChI=1S/C25H20FN3O2S/c26-18-10-12-20(13-11-18)29-32-22-16-14-19(15-17-22)27-25(30)28-23-8-4-5-9-24(23)31-21-6-2-1-3-7-21/h1-17,29H,(H2,27,28,30). The van der Waals surface area contributed by atoms with Gasteiger partial charge in [-0.15, -0.1) is 0 Å². The number of carbonyl (C=O) groups is 1. The van der Waals surface area contributed by atoms with Gasteiger partial charge in [-0.2, -0.15) is 0 Å². The van der Waals surface area contributed by atoms with Gasteiger partial charge < -0.3 is 20.1 Å². The van der Waals surface area contributed by atoms with Crippen LogP contribution in [0.2, 0.25) is 0 Å². The van der Waals surface area contributed by atoms with Crippen LogP contribution in [0.5, 0.6) is 11.5 Å². The predicted molar refractivity (Wildman–Crippen MR) is 128 cm³/mol. The second kappa shape index (κ2) is 10.4. The fourth-order valence-electron chi connectivity index (χ4n) is 2.80. The smallest absolute Gasteiger partial charge is 0.323 e. The first-order valence-electron chi connectivity index (χ1n) is 9.84. The molecule has 0 spiro atoms. The molecule has 0 saturated heterocycles. The second-order valence-corrected chi connectivity index (χ2v) is 7.61. The zero-order chi connectivity index (χ0) is 22.2. The average molecular weight is 446 g/mol. The van der Waals surface area contributed by atoms with E-state index in [1.165, 1.54) is 24.1 Å². The molecule has 0 aliphatic rings. The zero-order valence-corrected chi connectivity index (χ0v) is 17.7. The molecule has 0 atom stereocenters. The zero-order valence-electron chi connectivity index (χ0n) is 16.9. The lowest BCUT2D eigenvalue weighted by atomic mass is 10.3. The lowest BCUT2D eigenvalue weighted by molar-refractivity contribution is 0.262. The molecule has 0 saturated carbocycles. The highest BCUT2D eigenvalue weighted by Gasteiger charge is 2.09. The highest BCUT2D eigenvalue weighted by molar-refractivity contribution is 8.00. The van der Waals surface area contributed by atoms with E-state index in [0.29, 0.717) is 22.9 Å². The van der Waals surface area contributed by atoms with Gasteiger partial charge in [0, 0.05) is 16.3 Å². The molecule has 0 unspecified atom stereocenters. The van der Waals surface area contributed by atoms with Gasteiger partial charge in [-0.25, -0.2) is 9.18 Å². The van der Waals surface area contributed by atoms with E-state index in [4.69, 9.17) is 4.74 Å². The van der Waals surface area contributed by atoms with E-state index in [0.717, 1.165) is 10.6 Å². The molecule has 4 aromatic carbocycles. The number of amides is 2. The Morgan fingerprint density at radius 2 is 1.38 bits per heavy atom. The molecule has 0 bridgehead atoms. The first kappa shape index (κ1) is 21.3. The summed E-state index contributed by atoms with van der Waals surface area (Å²) in [5.41, 5.74) is 2.01. The molecule has 0 aliphatic heterocycles. The maximum atomic E-state index is 13.0. The van der Waals surface area contributed by atoms with Crippen LogP contribution in [0, 0.1) is 5.82 Å². The van der Waals surface area contributed by atoms with Crippen molar-refractivity contribution in [3.63, 3.8) is 0 Å². The Bertz CT molecular complexity index is 1170. The van der Waals surface area contributed by atoms with Crippen LogP contribution in [-0.2, 0) is 0 Å². The first-order chi connectivity index (χ1) is 15.7. The Morgan fingerprint density at radius 1 is 0.719 bits per heavy atom. The van der Waals surface area contributed by atoms with Crippen molar-refractivity contribution in [2.75, 3.05) is 15.4 Å². The summed E-state index contributed by atoms with van der Waals surface area (Å²) in [4.78, 5) is 13.4. The van der Waals surface area contributed by atoms with Crippen LogP contribution in [0.3, 0.4) is 0 Å². The SMILES string of the molecule is O=C(Nc1ccc(SNc2ccc(F)cc2)cc1)Nc1ccccc1Oc1ccccc1. The van der Waals surface area contributed by atoms with Gasteiger partial charge in [-0.3, -0.25) is 0 Å². The van der Waals surface area contributed by atoms with Gasteiger partial charge in [0.15, 0.2) is 5.75 Å². The van der Waals surface area contributed by atoms with Crippen molar-refractivity contribution in [3.8, 4) is 11.5 Å². The molecular formula is C25H20FN3O2S. The summed E-state index contributed by atoms with van der Waals surface area (Å²) < 4.78 is 22.0. The quantitative estimate of drug-likeness (QED) is 0.260. The molecule has 4 aromatic rings. The lowest BCUT2D eigenvalue weighted by Crippen LogP contribution is -2.19. The largest absolute Gasteiger partial charge is 0.455 e. The first-order valence-corrected chi connectivity index (χ1v) is 10.7. The number of halogens is 1. The van der Waals surface area contributed by atoms with Crippen molar-refractivity contribution in [2.45, 2.75) is 4.90 Å². The Kier molecular flexibility index (Phi) is 6.89. The van der Waals surface area contributed by atoms with Gasteiger partial charge in [0.1, 0.15) is 11.6 Å². The second-order valence-electron chi connectivity index (χ2n) is 6.73. The number of anilines is 3. The average Bonchev–Trinajstić information content (AvgIpc) is 2.82. The fourth-order valence-corrected chi connectivity index (χ4v) is 3.45. The van der Waals surface area contributed by atoms with Gasteiger partial charge >= 0.3 is 6.03 Å². The Morgan fingerprint density at radius 3 is 2.12 bits per heavy atom. The number of hydrogen-bond donors (Lipinski definition) is 3. The number of hydrogen-bond acceptors (Lipinski definition) is 4. The highest BCUT2D eigenvalue weighted by Crippen LogP contribution is 2.29. The topological polar surface area (TPSA) is 62.4 Å². The van der Waals surface area contributed by atoms with Gasteiger partial charge in [-0.05, 0) is 84.7 Å². The number of carbonyl (C=O) groups excluding carboxylic acids is 1. The fraction of sp³-hybridized carbons (Fsp3) is 0. The number of benzene rings is 4. The molecule has 0 heterocycles. The molecule has 5 nitrogen and oxygen atoms in total. The van der Waals surface area contributed by atoms with Crippen molar-refractivity contribution in [3.05, 3.63) is 109 Å². The normalized spacial score (nSPS) is 10.3. The third kappa shape index (κ3) is 6.02. The molecule has 0 radical (unpaired) electrons. The van der Waals surface area contributed by atoms with Crippen molar-refractivity contribution in [1.82, 2.24) is 0 Å². The van der Waals surface area contributed by atoms with Crippen LogP contribution in [0.15, 0.2) is 108 Å². The summed E-state index contributed by atoms with van der Waals surface area (Å²) in [7, 11) is 0. The number of urea groups is 1.